The summed E-state index contributed by atoms with van der Waals surface area (Å²) in [6.45, 7) is 1.97. The molecule has 0 saturated carbocycles. The third-order valence-corrected chi connectivity index (χ3v) is 2.67. The average Bonchev–Trinajstić information content (AvgIpc) is 2.17. The summed E-state index contributed by atoms with van der Waals surface area (Å²) in [7, 11) is 1.38. The fourth-order valence-corrected chi connectivity index (χ4v) is 1.75. The van der Waals surface area contributed by atoms with E-state index in [1.807, 2.05) is 6.92 Å². The minimum atomic E-state index is -0.211. The van der Waals surface area contributed by atoms with Crippen LogP contribution < -0.4 is 5.32 Å². The topological polar surface area (TPSA) is 55.4 Å². The summed E-state index contributed by atoms with van der Waals surface area (Å²) < 4.78 is 4.59. The molecule has 1 aliphatic heterocycles. The highest BCUT2D eigenvalue weighted by atomic mass is 16.5. The highest BCUT2D eigenvalue weighted by molar-refractivity contribution is 5.77. The van der Waals surface area contributed by atoms with E-state index >= 15 is 0 Å². The van der Waals surface area contributed by atoms with Gasteiger partial charge in [-0.05, 0) is 18.8 Å². The molecule has 0 aromatic carbocycles. The fourth-order valence-electron chi connectivity index (χ4n) is 1.75. The van der Waals surface area contributed by atoms with E-state index in [0.717, 1.165) is 12.8 Å². The van der Waals surface area contributed by atoms with Crippen LogP contribution in [0.3, 0.4) is 0 Å². The molecule has 0 radical (unpaired) electrons. The molecule has 1 rings (SSSR count). The van der Waals surface area contributed by atoms with E-state index in [2.05, 4.69) is 10.1 Å². The molecule has 0 bridgehead atoms. The third-order valence-electron chi connectivity index (χ3n) is 2.67. The number of carbonyl (C=O) groups excluding carboxylic acids is 2. The Morgan fingerprint density at radius 2 is 2.43 bits per heavy atom. The summed E-state index contributed by atoms with van der Waals surface area (Å²) in [4.78, 5) is 22.1. The number of hydrogen-bond acceptors (Lipinski definition) is 3. The molecule has 0 aromatic heterocycles. The van der Waals surface area contributed by atoms with E-state index in [-0.39, 0.29) is 23.8 Å². The standard InChI is InChI=1S/C10H17NO3/c1-7(6-10(13)14-2)8-4-3-5-9(12)11-8/h7-8H,3-6H2,1-2H3,(H,11,12). The Bertz CT molecular complexity index is 227. The largest absolute Gasteiger partial charge is 0.469 e. The van der Waals surface area contributed by atoms with E-state index in [4.69, 9.17) is 0 Å². The smallest absolute Gasteiger partial charge is 0.305 e. The van der Waals surface area contributed by atoms with Crippen molar-refractivity contribution in [3.05, 3.63) is 0 Å². The van der Waals surface area contributed by atoms with Gasteiger partial charge in [0.1, 0.15) is 0 Å². The van der Waals surface area contributed by atoms with E-state index in [1.165, 1.54) is 7.11 Å². The molecule has 1 amide bonds. The first-order valence-corrected chi connectivity index (χ1v) is 4.99. The Labute approximate surface area is 84.0 Å². The van der Waals surface area contributed by atoms with Crippen LogP contribution in [0.25, 0.3) is 0 Å². The van der Waals surface area contributed by atoms with Gasteiger partial charge in [-0.3, -0.25) is 9.59 Å². The van der Waals surface area contributed by atoms with Crippen LogP contribution in [-0.2, 0) is 14.3 Å². The second kappa shape index (κ2) is 4.98. The fraction of sp³-hybridized carbons (Fsp3) is 0.800. The van der Waals surface area contributed by atoms with Crippen LogP contribution in [0, 0.1) is 5.92 Å². The first-order valence-electron chi connectivity index (χ1n) is 4.99. The van der Waals surface area contributed by atoms with Gasteiger partial charge in [0.15, 0.2) is 0 Å². The van der Waals surface area contributed by atoms with Crippen molar-refractivity contribution in [1.82, 2.24) is 5.32 Å². The SMILES string of the molecule is COC(=O)CC(C)C1CCCC(=O)N1. The van der Waals surface area contributed by atoms with Crippen LogP contribution >= 0.6 is 0 Å². The van der Waals surface area contributed by atoms with Crippen LogP contribution in [0.1, 0.15) is 32.6 Å². The number of amides is 1. The van der Waals surface area contributed by atoms with Gasteiger partial charge in [0.2, 0.25) is 5.91 Å². The zero-order chi connectivity index (χ0) is 10.6. The van der Waals surface area contributed by atoms with E-state index in [1.54, 1.807) is 0 Å². The summed E-state index contributed by atoms with van der Waals surface area (Å²) in [5.41, 5.74) is 0. The molecule has 2 unspecified atom stereocenters. The van der Waals surface area contributed by atoms with Crippen molar-refractivity contribution in [1.29, 1.82) is 0 Å². The second-order valence-corrected chi connectivity index (χ2v) is 3.82. The van der Waals surface area contributed by atoms with Gasteiger partial charge in [-0.15, -0.1) is 0 Å². The molecule has 80 valence electrons. The summed E-state index contributed by atoms with van der Waals surface area (Å²) in [5, 5.41) is 2.90. The Morgan fingerprint density at radius 3 is 3.00 bits per heavy atom. The molecule has 0 aliphatic carbocycles. The number of rotatable bonds is 3. The predicted molar refractivity (Wildman–Crippen MR) is 51.6 cm³/mol. The Balaban J connectivity index is 2.39. The van der Waals surface area contributed by atoms with Crippen LogP contribution in [0.4, 0.5) is 0 Å². The number of methoxy groups -OCH3 is 1. The molecule has 1 fully saturated rings. The average molecular weight is 199 g/mol. The summed E-state index contributed by atoms with van der Waals surface area (Å²) >= 11 is 0. The minimum absolute atomic E-state index is 0.0953. The Morgan fingerprint density at radius 1 is 1.71 bits per heavy atom. The maximum absolute atomic E-state index is 11.1. The summed E-state index contributed by atoms with van der Waals surface area (Å²) in [6.07, 6.45) is 2.87. The quantitative estimate of drug-likeness (QED) is 0.686. The van der Waals surface area contributed by atoms with Gasteiger partial charge in [0, 0.05) is 18.9 Å². The van der Waals surface area contributed by atoms with Gasteiger partial charge in [-0.2, -0.15) is 0 Å². The van der Waals surface area contributed by atoms with Crippen molar-refractivity contribution in [3.8, 4) is 0 Å². The zero-order valence-corrected chi connectivity index (χ0v) is 8.71. The molecular weight excluding hydrogens is 182 g/mol. The van der Waals surface area contributed by atoms with Crippen molar-refractivity contribution < 1.29 is 14.3 Å². The lowest BCUT2D eigenvalue weighted by atomic mass is 9.91. The first-order chi connectivity index (χ1) is 6.63. The van der Waals surface area contributed by atoms with Crippen molar-refractivity contribution in [2.45, 2.75) is 38.6 Å². The lowest BCUT2D eigenvalue weighted by Crippen LogP contribution is -2.43. The molecule has 1 aliphatic rings. The number of carbonyl (C=O) groups is 2. The van der Waals surface area contributed by atoms with Crippen LogP contribution in [0.2, 0.25) is 0 Å². The predicted octanol–water partition coefficient (Wildman–Crippen LogP) is 0.854. The van der Waals surface area contributed by atoms with Crippen LogP contribution in [0.5, 0.6) is 0 Å². The zero-order valence-electron chi connectivity index (χ0n) is 8.71. The van der Waals surface area contributed by atoms with Crippen molar-refractivity contribution in [2.75, 3.05) is 7.11 Å². The molecule has 1 heterocycles. The Hall–Kier alpha value is -1.06. The molecule has 1 saturated heterocycles. The van der Waals surface area contributed by atoms with Gasteiger partial charge in [-0.25, -0.2) is 0 Å². The first kappa shape index (κ1) is 11.0. The van der Waals surface area contributed by atoms with Crippen LogP contribution in [0.15, 0.2) is 0 Å². The highest BCUT2D eigenvalue weighted by Gasteiger charge is 2.25. The molecule has 2 atom stereocenters. The van der Waals surface area contributed by atoms with Gasteiger partial charge in [0.25, 0.3) is 0 Å². The molecule has 0 aromatic rings. The lowest BCUT2D eigenvalue weighted by Gasteiger charge is -2.28. The molecule has 14 heavy (non-hydrogen) atoms. The number of ether oxygens (including phenoxy) is 1. The van der Waals surface area contributed by atoms with E-state index < -0.39 is 0 Å². The maximum atomic E-state index is 11.1. The summed E-state index contributed by atoms with van der Waals surface area (Å²) in [6, 6.07) is 0.135. The number of esters is 1. The summed E-state index contributed by atoms with van der Waals surface area (Å²) in [5.74, 6) is 0.0435. The van der Waals surface area contributed by atoms with Crippen LogP contribution in [-0.4, -0.2) is 25.0 Å². The molecular formula is C10H17NO3. The van der Waals surface area contributed by atoms with Gasteiger partial charge >= 0.3 is 5.97 Å². The lowest BCUT2D eigenvalue weighted by molar-refractivity contribution is -0.142. The third kappa shape index (κ3) is 3.01. The normalized spacial score (nSPS) is 23.9. The van der Waals surface area contributed by atoms with Gasteiger partial charge in [-0.1, -0.05) is 6.92 Å². The van der Waals surface area contributed by atoms with E-state index in [0.29, 0.717) is 12.8 Å². The Kier molecular flexibility index (Phi) is 3.92. The maximum Gasteiger partial charge on any atom is 0.305 e. The minimum Gasteiger partial charge on any atom is -0.469 e. The molecule has 4 heteroatoms. The molecule has 1 N–H and O–H groups in total. The number of hydrogen-bond donors (Lipinski definition) is 1. The van der Waals surface area contributed by atoms with Crippen molar-refractivity contribution >= 4 is 11.9 Å². The monoisotopic (exact) mass is 199 g/mol. The number of nitrogens with one attached hydrogen (secondary N) is 1. The van der Waals surface area contributed by atoms with Gasteiger partial charge in [0.05, 0.1) is 7.11 Å². The number of piperidine rings is 1. The second-order valence-electron chi connectivity index (χ2n) is 3.82. The van der Waals surface area contributed by atoms with Gasteiger partial charge < -0.3 is 10.1 Å². The van der Waals surface area contributed by atoms with Crippen molar-refractivity contribution in [2.24, 2.45) is 5.92 Å². The van der Waals surface area contributed by atoms with E-state index in [9.17, 15) is 9.59 Å². The molecule has 4 nitrogen and oxygen atoms in total. The highest BCUT2D eigenvalue weighted by Crippen LogP contribution is 2.18. The van der Waals surface area contributed by atoms with Crippen molar-refractivity contribution in [3.63, 3.8) is 0 Å². The molecule has 0 spiro atoms.